The molecule has 4 heteroatoms. The third-order valence-electron chi connectivity index (χ3n) is 2.59. The Morgan fingerprint density at radius 2 is 2.18 bits per heavy atom. The molecule has 0 spiro atoms. The normalized spacial score (nSPS) is 10.6. The van der Waals surface area contributed by atoms with Crippen molar-refractivity contribution in [2.45, 2.75) is 6.54 Å². The van der Waals surface area contributed by atoms with Crippen LogP contribution in [0.25, 0.3) is 10.8 Å². The summed E-state index contributed by atoms with van der Waals surface area (Å²) in [7, 11) is 0. The van der Waals surface area contributed by atoms with Gasteiger partial charge in [0, 0.05) is 40.4 Å². The second-order valence-corrected chi connectivity index (χ2v) is 4.66. The molecule has 0 radical (unpaired) electrons. The zero-order valence-electron chi connectivity index (χ0n) is 9.13. The monoisotopic (exact) mass is 241 g/mol. The summed E-state index contributed by atoms with van der Waals surface area (Å²) >= 11 is 1.66. The molecule has 0 aliphatic heterocycles. The highest BCUT2D eigenvalue weighted by Gasteiger charge is 2.00. The standard InChI is InChI=1S/C13H11N3S/c1-2-10-8-14-5-4-11(10)12(3-1)16-9-13-15-6-7-17-13/h1-8,16H,9H2. The molecule has 0 aliphatic rings. The number of aromatic nitrogens is 2. The average Bonchev–Trinajstić information content (AvgIpc) is 2.89. The molecule has 1 aromatic carbocycles. The van der Waals surface area contributed by atoms with E-state index in [1.54, 1.807) is 11.3 Å². The number of rotatable bonds is 3. The van der Waals surface area contributed by atoms with E-state index in [9.17, 15) is 0 Å². The van der Waals surface area contributed by atoms with Gasteiger partial charge in [0.2, 0.25) is 0 Å². The van der Waals surface area contributed by atoms with Gasteiger partial charge in [-0.2, -0.15) is 0 Å². The third kappa shape index (κ3) is 2.12. The number of nitrogens with one attached hydrogen (secondary N) is 1. The lowest BCUT2D eigenvalue weighted by atomic mass is 10.1. The summed E-state index contributed by atoms with van der Waals surface area (Å²) in [4.78, 5) is 8.38. The van der Waals surface area contributed by atoms with Crippen molar-refractivity contribution >= 4 is 27.8 Å². The zero-order chi connectivity index (χ0) is 11.5. The Hall–Kier alpha value is -1.94. The highest BCUT2D eigenvalue weighted by atomic mass is 32.1. The van der Waals surface area contributed by atoms with Crippen LogP contribution in [-0.2, 0) is 6.54 Å². The van der Waals surface area contributed by atoms with Crippen molar-refractivity contribution in [3.8, 4) is 0 Å². The minimum absolute atomic E-state index is 0.763. The molecule has 0 atom stereocenters. The van der Waals surface area contributed by atoms with Gasteiger partial charge in [-0.25, -0.2) is 4.98 Å². The Balaban J connectivity index is 1.90. The maximum absolute atomic E-state index is 4.26. The molecule has 2 aromatic heterocycles. The quantitative estimate of drug-likeness (QED) is 0.764. The predicted octanol–water partition coefficient (Wildman–Crippen LogP) is 3.30. The lowest BCUT2D eigenvalue weighted by Gasteiger charge is -2.07. The van der Waals surface area contributed by atoms with E-state index in [1.165, 1.54) is 5.39 Å². The lowest BCUT2D eigenvalue weighted by Crippen LogP contribution is -1.99. The van der Waals surface area contributed by atoms with Gasteiger partial charge in [0.25, 0.3) is 0 Å². The van der Waals surface area contributed by atoms with Crippen LogP contribution in [0, 0.1) is 0 Å². The smallest absolute Gasteiger partial charge is 0.112 e. The van der Waals surface area contributed by atoms with Crippen molar-refractivity contribution in [3.63, 3.8) is 0 Å². The van der Waals surface area contributed by atoms with E-state index >= 15 is 0 Å². The number of fused-ring (bicyclic) bond motifs is 1. The first-order valence-corrected chi connectivity index (χ1v) is 6.26. The first-order valence-electron chi connectivity index (χ1n) is 5.38. The molecule has 2 heterocycles. The maximum atomic E-state index is 4.26. The van der Waals surface area contributed by atoms with E-state index < -0.39 is 0 Å². The Labute approximate surface area is 103 Å². The van der Waals surface area contributed by atoms with Crippen molar-refractivity contribution in [1.82, 2.24) is 9.97 Å². The number of pyridine rings is 1. The Morgan fingerprint density at radius 3 is 3.06 bits per heavy atom. The molecule has 0 bridgehead atoms. The van der Waals surface area contributed by atoms with E-state index in [2.05, 4.69) is 27.4 Å². The second kappa shape index (κ2) is 4.51. The van der Waals surface area contributed by atoms with E-state index in [0.717, 1.165) is 22.6 Å². The fourth-order valence-electron chi connectivity index (χ4n) is 1.79. The van der Waals surface area contributed by atoms with Crippen molar-refractivity contribution in [2.75, 3.05) is 5.32 Å². The zero-order valence-corrected chi connectivity index (χ0v) is 9.95. The molecule has 3 rings (SSSR count). The van der Waals surface area contributed by atoms with Crippen LogP contribution in [0.4, 0.5) is 5.69 Å². The van der Waals surface area contributed by atoms with Crippen LogP contribution >= 0.6 is 11.3 Å². The van der Waals surface area contributed by atoms with Crippen LogP contribution < -0.4 is 5.32 Å². The van der Waals surface area contributed by atoms with Crippen LogP contribution in [0.2, 0.25) is 0 Å². The number of benzene rings is 1. The Bertz CT molecular complexity index is 614. The van der Waals surface area contributed by atoms with E-state index in [4.69, 9.17) is 0 Å². The van der Waals surface area contributed by atoms with Crippen LogP contribution in [0.3, 0.4) is 0 Å². The van der Waals surface area contributed by atoms with Crippen LogP contribution in [-0.4, -0.2) is 9.97 Å². The van der Waals surface area contributed by atoms with Crippen molar-refractivity contribution in [1.29, 1.82) is 0 Å². The summed E-state index contributed by atoms with van der Waals surface area (Å²) in [5.74, 6) is 0. The van der Waals surface area contributed by atoms with Crippen molar-refractivity contribution < 1.29 is 0 Å². The summed E-state index contributed by atoms with van der Waals surface area (Å²) in [6.45, 7) is 0.763. The summed E-state index contributed by atoms with van der Waals surface area (Å²) in [5, 5.41) is 8.84. The fourth-order valence-corrected chi connectivity index (χ4v) is 2.34. The highest BCUT2D eigenvalue weighted by molar-refractivity contribution is 7.09. The summed E-state index contributed by atoms with van der Waals surface area (Å²) in [6, 6.07) is 8.21. The molecule has 3 nitrogen and oxygen atoms in total. The van der Waals surface area contributed by atoms with Gasteiger partial charge in [0.1, 0.15) is 5.01 Å². The molecule has 0 saturated carbocycles. The molecule has 0 aliphatic carbocycles. The number of hydrogen-bond donors (Lipinski definition) is 1. The minimum atomic E-state index is 0.763. The van der Waals surface area contributed by atoms with Gasteiger partial charge in [-0.05, 0) is 12.1 Å². The first-order chi connectivity index (χ1) is 8.43. The molecule has 0 fully saturated rings. The molecule has 1 N–H and O–H groups in total. The maximum Gasteiger partial charge on any atom is 0.112 e. The predicted molar refractivity (Wildman–Crippen MR) is 71.2 cm³/mol. The average molecular weight is 241 g/mol. The van der Waals surface area contributed by atoms with E-state index in [1.807, 2.05) is 36.1 Å². The summed E-state index contributed by atoms with van der Waals surface area (Å²) < 4.78 is 0. The Morgan fingerprint density at radius 1 is 1.18 bits per heavy atom. The van der Waals surface area contributed by atoms with Gasteiger partial charge in [-0.15, -0.1) is 11.3 Å². The van der Waals surface area contributed by atoms with E-state index in [-0.39, 0.29) is 0 Å². The molecule has 0 unspecified atom stereocenters. The topological polar surface area (TPSA) is 37.8 Å². The fraction of sp³-hybridized carbons (Fsp3) is 0.0769. The largest absolute Gasteiger partial charge is 0.378 e. The minimum Gasteiger partial charge on any atom is -0.378 e. The first kappa shape index (κ1) is 10.2. The Kier molecular flexibility index (Phi) is 2.71. The van der Waals surface area contributed by atoms with Crippen molar-refractivity contribution in [2.24, 2.45) is 0 Å². The van der Waals surface area contributed by atoms with Gasteiger partial charge >= 0.3 is 0 Å². The number of hydrogen-bond acceptors (Lipinski definition) is 4. The van der Waals surface area contributed by atoms with Crippen molar-refractivity contribution in [3.05, 3.63) is 53.2 Å². The lowest BCUT2D eigenvalue weighted by molar-refractivity contribution is 1.11. The molecular weight excluding hydrogens is 230 g/mol. The van der Waals surface area contributed by atoms with Crippen LogP contribution in [0.15, 0.2) is 48.2 Å². The van der Waals surface area contributed by atoms with Gasteiger partial charge in [-0.1, -0.05) is 12.1 Å². The van der Waals surface area contributed by atoms with Crippen LogP contribution in [0.1, 0.15) is 5.01 Å². The third-order valence-corrected chi connectivity index (χ3v) is 3.37. The molecule has 17 heavy (non-hydrogen) atoms. The summed E-state index contributed by atoms with van der Waals surface area (Å²) in [6.07, 6.45) is 5.52. The molecular formula is C13H11N3S. The summed E-state index contributed by atoms with van der Waals surface area (Å²) in [5.41, 5.74) is 1.13. The second-order valence-electron chi connectivity index (χ2n) is 3.68. The SMILES string of the molecule is c1cc(NCc2nccs2)c2ccncc2c1. The van der Waals surface area contributed by atoms with Gasteiger partial charge in [0.05, 0.1) is 6.54 Å². The van der Waals surface area contributed by atoms with Gasteiger partial charge in [0.15, 0.2) is 0 Å². The number of anilines is 1. The van der Waals surface area contributed by atoms with Crippen LogP contribution in [0.5, 0.6) is 0 Å². The molecule has 0 saturated heterocycles. The number of nitrogens with zero attached hydrogens (tertiary/aromatic N) is 2. The van der Waals surface area contributed by atoms with Gasteiger partial charge in [-0.3, -0.25) is 4.98 Å². The highest BCUT2D eigenvalue weighted by Crippen LogP contribution is 2.22. The van der Waals surface area contributed by atoms with E-state index in [0.29, 0.717) is 0 Å². The number of thiazole rings is 1. The van der Waals surface area contributed by atoms with Gasteiger partial charge < -0.3 is 5.32 Å². The molecule has 84 valence electrons. The molecule has 3 aromatic rings. The molecule has 0 amide bonds.